The summed E-state index contributed by atoms with van der Waals surface area (Å²) in [4.78, 5) is 12.7. The van der Waals surface area contributed by atoms with E-state index >= 15 is 0 Å². The molecule has 4 nitrogen and oxygen atoms in total. The maximum absolute atomic E-state index is 6.10. The van der Waals surface area contributed by atoms with Gasteiger partial charge in [-0.2, -0.15) is 0 Å². The summed E-state index contributed by atoms with van der Waals surface area (Å²) in [7, 11) is 0. The molecule has 3 aromatic rings. The van der Waals surface area contributed by atoms with E-state index in [1.54, 1.807) is 0 Å². The molecule has 1 fully saturated rings. The molecule has 1 N–H and O–H groups in total. The minimum atomic E-state index is 0.483. The van der Waals surface area contributed by atoms with Crippen molar-refractivity contribution in [3.63, 3.8) is 0 Å². The molecular weight excluding hydrogens is 346 g/mol. The molecule has 0 amide bonds. The fourth-order valence-electron chi connectivity index (χ4n) is 4.13. The number of nitrogens with one attached hydrogen (secondary N) is 1. The first kappa shape index (κ1) is 18.7. The number of aromatic nitrogens is 3. The van der Waals surface area contributed by atoms with Gasteiger partial charge in [-0.15, -0.1) is 0 Å². The number of hydrogen-bond donors (Lipinski definition) is 1. The predicted molar refractivity (Wildman–Crippen MR) is 113 cm³/mol. The molecule has 0 unspecified atom stereocenters. The Morgan fingerprint density at radius 1 is 0.964 bits per heavy atom. The lowest BCUT2D eigenvalue weighted by Crippen LogP contribution is -2.06. The molecule has 0 bridgehead atoms. The van der Waals surface area contributed by atoms with Crippen LogP contribution in [0.15, 0.2) is 36.7 Å². The summed E-state index contributed by atoms with van der Waals surface area (Å²) in [6.45, 7) is 6.73. The summed E-state index contributed by atoms with van der Waals surface area (Å²) in [5, 5.41) is 0. The van der Waals surface area contributed by atoms with Gasteiger partial charge in [0, 0.05) is 17.7 Å². The van der Waals surface area contributed by atoms with Crippen molar-refractivity contribution in [2.24, 2.45) is 0 Å². The fourth-order valence-corrected chi connectivity index (χ4v) is 4.13. The number of H-pyrrole nitrogens is 1. The van der Waals surface area contributed by atoms with Crippen molar-refractivity contribution in [2.75, 3.05) is 0 Å². The average Bonchev–Trinajstić information content (AvgIpc) is 3.20. The second-order valence-electron chi connectivity index (χ2n) is 8.07. The monoisotopic (exact) mass is 375 g/mol. The smallest absolute Gasteiger partial charge is 0.130 e. The number of pyridine rings is 1. The zero-order valence-electron chi connectivity index (χ0n) is 17.1. The van der Waals surface area contributed by atoms with Gasteiger partial charge in [0.1, 0.15) is 18.2 Å². The van der Waals surface area contributed by atoms with E-state index in [2.05, 4.69) is 47.0 Å². The number of ether oxygens (including phenoxy) is 1. The van der Waals surface area contributed by atoms with Crippen LogP contribution in [0, 0.1) is 20.8 Å². The Kier molecular flexibility index (Phi) is 5.47. The van der Waals surface area contributed by atoms with E-state index in [0.29, 0.717) is 12.5 Å². The number of aryl methyl sites for hydroxylation is 3. The molecule has 1 aliphatic carbocycles. The highest BCUT2D eigenvalue weighted by atomic mass is 16.5. The van der Waals surface area contributed by atoms with E-state index in [4.69, 9.17) is 4.74 Å². The van der Waals surface area contributed by atoms with Gasteiger partial charge in [0.05, 0.1) is 17.6 Å². The van der Waals surface area contributed by atoms with E-state index in [0.717, 1.165) is 39.7 Å². The zero-order valence-corrected chi connectivity index (χ0v) is 17.1. The second-order valence-corrected chi connectivity index (χ2v) is 8.07. The van der Waals surface area contributed by atoms with Crippen molar-refractivity contribution in [1.82, 2.24) is 15.0 Å². The minimum Gasteiger partial charge on any atom is -0.487 e. The van der Waals surface area contributed by atoms with E-state index in [-0.39, 0.29) is 0 Å². The van der Waals surface area contributed by atoms with Crippen LogP contribution < -0.4 is 4.74 Å². The van der Waals surface area contributed by atoms with Gasteiger partial charge in [-0.1, -0.05) is 25.3 Å². The van der Waals surface area contributed by atoms with Crippen LogP contribution in [0.4, 0.5) is 0 Å². The lowest BCUT2D eigenvalue weighted by molar-refractivity contribution is 0.297. The minimum absolute atomic E-state index is 0.483. The van der Waals surface area contributed by atoms with Crippen molar-refractivity contribution in [1.29, 1.82) is 0 Å². The van der Waals surface area contributed by atoms with Crippen LogP contribution in [-0.4, -0.2) is 15.0 Å². The Balaban J connectivity index is 1.50. The number of nitrogens with zero attached hydrogens (tertiary/aromatic N) is 2. The molecular formula is C24H29N3O. The highest BCUT2D eigenvalue weighted by Crippen LogP contribution is 2.34. The Bertz CT molecular complexity index is 914. The van der Waals surface area contributed by atoms with E-state index in [9.17, 15) is 0 Å². The summed E-state index contributed by atoms with van der Waals surface area (Å²) in [5.41, 5.74) is 6.64. The third-order valence-electron chi connectivity index (χ3n) is 5.70. The summed E-state index contributed by atoms with van der Waals surface area (Å²) < 4.78 is 6.10. The Morgan fingerprint density at radius 3 is 2.39 bits per heavy atom. The molecule has 1 aromatic carbocycles. The molecule has 0 aliphatic heterocycles. The number of rotatable bonds is 5. The summed E-state index contributed by atoms with van der Waals surface area (Å²) in [6.07, 6.45) is 10.4. The number of aromatic amines is 1. The van der Waals surface area contributed by atoms with Crippen molar-refractivity contribution in [3.05, 3.63) is 64.9 Å². The third kappa shape index (κ3) is 4.11. The maximum atomic E-state index is 6.10. The van der Waals surface area contributed by atoms with Gasteiger partial charge >= 0.3 is 0 Å². The molecule has 1 aliphatic rings. The molecule has 0 radical (unpaired) electrons. The molecule has 0 atom stereocenters. The van der Waals surface area contributed by atoms with Crippen LogP contribution in [0.2, 0.25) is 0 Å². The molecule has 28 heavy (non-hydrogen) atoms. The lowest BCUT2D eigenvalue weighted by atomic mass is 9.89. The molecule has 146 valence electrons. The van der Waals surface area contributed by atoms with Crippen LogP contribution >= 0.6 is 0 Å². The number of benzene rings is 1. The van der Waals surface area contributed by atoms with Gasteiger partial charge in [-0.05, 0) is 68.5 Å². The molecule has 4 heteroatoms. The summed E-state index contributed by atoms with van der Waals surface area (Å²) in [5.74, 6) is 2.68. The van der Waals surface area contributed by atoms with Crippen LogP contribution in [0.25, 0.3) is 11.3 Å². The highest BCUT2D eigenvalue weighted by Gasteiger charge is 2.19. The maximum Gasteiger partial charge on any atom is 0.130 e. The molecule has 0 saturated heterocycles. The van der Waals surface area contributed by atoms with E-state index < -0.39 is 0 Å². The van der Waals surface area contributed by atoms with Gasteiger partial charge in [0.15, 0.2) is 0 Å². The SMILES string of the molecule is Cc1ccc(COc2c(C)cc(-c3cnc(C4CCCCC4)[nH]3)cc2C)nc1. The third-order valence-corrected chi connectivity index (χ3v) is 5.70. The van der Waals surface area contributed by atoms with Crippen molar-refractivity contribution in [3.8, 4) is 17.0 Å². The van der Waals surface area contributed by atoms with Gasteiger partial charge in [0.25, 0.3) is 0 Å². The van der Waals surface area contributed by atoms with Crippen LogP contribution in [0.1, 0.15) is 66.2 Å². The van der Waals surface area contributed by atoms with Crippen molar-refractivity contribution in [2.45, 2.75) is 65.4 Å². The van der Waals surface area contributed by atoms with Gasteiger partial charge in [-0.25, -0.2) is 4.98 Å². The molecule has 2 aromatic heterocycles. The predicted octanol–water partition coefficient (Wildman–Crippen LogP) is 6.02. The lowest BCUT2D eigenvalue weighted by Gasteiger charge is -2.19. The van der Waals surface area contributed by atoms with Crippen molar-refractivity contribution < 1.29 is 4.74 Å². The normalized spacial score (nSPS) is 15.0. The second kappa shape index (κ2) is 8.17. The zero-order chi connectivity index (χ0) is 19.5. The first-order valence-electron chi connectivity index (χ1n) is 10.3. The Morgan fingerprint density at radius 2 is 1.71 bits per heavy atom. The standard InChI is InChI=1S/C24H29N3O/c1-16-9-10-21(25-13-16)15-28-23-17(2)11-20(12-18(23)3)22-14-26-24(27-22)19-7-5-4-6-8-19/h9-14,19H,4-8,15H2,1-3H3,(H,26,27). The topological polar surface area (TPSA) is 50.8 Å². The molecule has 1 saturated carbocycles. The van der Waals surface area contributed by atoms with Crippen LogP contribution in [0.5, 0.6) is 5.75 Å². The highest BCUT2D eigenvalue weighted by molar-refractivity contribution is 5.64. The number of imidazole rings is 1. The first-order valence-corrected chi connectivity index (χ1v) is 10.3. The van der Waals surface area contributed by atoms with Gasteiger partial charge in [0.2, 0.25) is 0 Å². The quantitative estimate of drug-likeness (QED) is 0.593. The van der Waals surface area contributed by atoms with Crippen LogP contribution in [-0.2, 0) is 6.61 Å². The largest absolute Gasteiger partial charge is 0.487 e. The Labute approximate surface area is 167 Å². The summed E-state index contributed by atoms with van der Waals surface area (Å²) >= 11 is 0. The summed E-state index contributed by atoms with van der Waals surface area (Å²) in [6, 6.07) is 8.45. The van der Waals surface area contributed by atoms with Crippen LogP contribution in [0.3, 0.4) is 0 Å². The molecule has 4 rings (SSSR count). The fraction of sp³-hybridized carbons (Fsp3) is 0.417. The van der Waals surface area contributed by atoms with Crippen molar-refractivity contribution >= 4 is 0 Å². The molecule has 2 heterocycles. The number of hydrogen-bond acceptors (Lipinski definition) is 3. The molecule has 0 spiro atoms. The first-order chi connectivity index (χ1) is 13.6. The van der Waals surface area contributed by atoms with Gasteiger partial charge in [-0.3, -0.25) is 4.98 Å². The van der Waals surface area contributed by atoms with E-state index in [1.807, 2.05) is 25.4 Å². The van der Waals surface area contributed by atoms with Gasteiger partial charge < -0.3 is 9.72 Å². The van der Waals surface area contributed by atoms with E-state index in [1.165, 1.54) is 37.7 Å². The average molecular weight is 376 g/mol. The Hall–Kier alpha value is -2.62.